The molecule has 0 aliphatic heterocycles. The van der Waals surface area contributed by atoms with Crippen molar-refractivity contribution in [1.82, 2.24) is 10.3 Å². The van der Waals surface area contributed by atoms with Gasteiger partial charge in [-0.25, -0.2) is 5.84 Å². The Morgan fingerprint density at radius 1 is 1.32 bits per heavy atom. The molecule has 1 aromatic carbocycles. The summed E-state index contributed by atoms with van der Waals surface area (Å²) in [6, 6.07) is 11.7. The fourth-order valence-electron chi connectivity index (χ4n) is 1.93. The first-order valence-corrected chi connectivity index (χ1v) is 6.88. The molecule has 1 amide bonds. The van der Waals surface area contributed by atoms with Crippen LogP contribution in [0.5, 0.6) is 0 Å². The quantitative estimate of drug-likeness (QED) is 0.498. The van der Waals surface area contributed by atoms with Crippen LogP contribution in [0.2, 0.25) is 0 Å². The number of benzene rings is 1. The van der Waals surface area contributed by atoms with Crippen LogP contribution in [0.4, 0.5) is 0 Å². The summed E-state index contributed by atoms with van der Waals surface area (Å²) in [5, 5.41) is 2.08. The number of amides is 1. The molecular formula is C14H17N3OS. The maximum atomic E-state index is 11.5. The van der Waals surface area contributed by atoms with Crippen molar-refractivity contribution in [3.05, 3.63) is 57.8 Å². The van der Waals surface area contributed by atoms with Crippen molar-refractivity contribution in [3.8, 4) is 0 Å². The number of nitrogens with one attached hydrogen (secondary N) is 1. The van der Waals surface area contributed by atoms with Gasteiger partial charge in [0.05, 0.1) is 0 Å². The van der Waals surface area contributed by atoms with Crippen molar-refractivity contribution in [2.75, 3.05) is 7.05 Å². The van der Waals surface area contributed by atoms with E-state index >= 15 is 0 Å². The van der Waals surface area contributed by atoms with E-state index in [0.717, 1.165) is 18.7 Å². The summed E-state index contributed by atoms with van der Waals surface area (Å²) in [7, 11) is 2.06. The van der Waals surface area contributed by atoms with Gasteiger partial charge in [0, 0.05) is 23.5 Å². The molecule has 0 atom stereocenters. The van der Waals surface area contributed by atoms with Gasteiger partial charge >= 0.3 is 0 Å². The van der Waals surface area contributed by atoms with Crippen LogP contribution >= 0.6 is 11.3 Å². The number of rotatable bonds is 5. The Labute approximate surface area is 116 Å². The predicted molar refractivity (Wildman–Crippen MR) is 77.6 cm³/mol. The fraction of sp³-hybridized carbons (Fsp3) is 0.214. The minimum atomic E-state index is -0.261. The zero-order valence-corrected chi connectivity index (χ0v) is 11.6. The number of hydrazine groups is 1. The predicted octanol–water partition coefficient (Wildman–Crippen LogP) is 1.98. The third-order valence-electron chi connectivity index (χ3n) is 2.78. The lowest BCUT2D eigenvalue weighted by Crippen LogP contribution is -2.30. The molecule has 0 unspecified atom stereocenters. The number of nitrogens with zero attached hydrogens (tertiary/aromatic N) is 1. The molecule has 100 valence electrons. The molecule has 0 saturated carbocycles. The lowest BCUT2D eigenvalue weighted by atomic mass is 10.1. The molecule has 19 heavy (non-hydrogen) atoms. The Hall–Kier alpha value is -1.69. The lowest BCUT2D eigenvalue weighted by molar-refractivity contribution is 0.0953. The van der Waals surface area contributed by atoms with Gasteiger partial charge in [0.15, 0.2) is 0 Å². The van der Waals surface area contributed by atoms with Crippen molar-refractivity contribution < 1.29 is 4.79 Å². The molecule has 4 nitrogen and oxygen atoms in total. The average Bonchev–Trinajstić information content (AvgIpc) is 2.90. The Bertz CT molecular complexity index is 539. The van der Waals surface area contributed by atoms with Gasteiger partial charge in [-0.05, 0) is 36.2 Å². The maximum Gasteiger partial charge on any atom is 0.265 e. The Kier molecular flexibility index (Phi) is 4.68. The van der Waals surface area contributed by atoms with Gasteiger partial charge in [-0.15, -0.1) is 11.3 Å². The van der Waals surface area contributed by atoms with E-state index in [1.54, 1.807) is 17.4 Å². The van der Waals surface area contributed by atoms with E-state index in [1.165, 1.54) is 4.88 Å². The molecule has 5 heteroatoms. The van der Waals surface area contributed by atoms with Gasteiger partial charge < -0.3 is 0 Å². The summed E-state index contributed by atoms with van der Waals surface area (Å²) in [5.41, 5.74) is 3.83. The van der Waals surface area contributed by atoms with Crippen LogP contribution < -0.4 is 11.3 Å². The largest absolute Gasteiger partial charge is 0.297 e. The number of carbonyl (C=O) groups excluding carboxylic acids is 1. The third-order valence-corrected chi connectivity index (χ3v) is 3.64. The summed E-state index contributed by atoms with van der Waals surface area (Å²) in [6.45, 7) is 1.70. The van der Waals surface area contributed by atoms with Crippen LogP contribution in [0.25, 0.3) is 0 Å². The van der Waals surface area contributed by atoms with E-state index < -0.39 is 0 Å². The number of carbonyl (C=O) groups is 1. The molecule has 0 aliphatic rings. The smallest absolute Gasteiger partial charge is 0.265 e. The number of nitrogens with two attached hydrogens (primary N) is 1. The lowest BCUT2D eigenvalue weighted by Gasteiger charge is -2.16. The molecule has 0 fully saturated rings. The number of hydrogen-bond donors (Lipinski definition) is 2. The van der Waals surface area contributed by atoms with E-state index in [0.29, 0.717) is 5.56 Å². The van der Waals surface area contributed by atoms with Crippen LogP contribution in [0.15, 0.2) is 41.8 Å². The fourth-order valence-corrected chi connectivity index (χ4v) is 2.71. The summed E-state index contributed by atoms with van der Waals surface area (Å²) < 4.78 is 0. The minimum Gasteiger partial charge on any atom is -0.297 e. The maximum absolute atomic E-state index is 11.5. The van der Waals surface area contributed by atoms with Crippen molar-refractivity contribution in [3.63, 3.8) is 0 Å². The first-order chi connectivity index (χ1) is 9.19. The van der Waals surface area contributed by atoms with E-state index in [4.69, 9.17) is 5.84 Å². The van der Waals surface area contributed by atoms with E-state index in [1.807, 2.05) is 18.2 Å². The molecule has 0 spiro atoms. The summed E-state index contributed by atoms with van der Waals surface area (Å²) in [6.07, 6.45) is 0. The zero-order valence-electron chi connectivity index (χ0n) is 10.8. The monoisotopic (exact) mass is 275 g/mol. The molecule has 1 heterocycles. The number of hydrogen-bond acceptors (Lipinski definition) is 4. The van der Waals surface area contributed by atoms with Gasteiger partial charge in [-0.1, -0.05) is 18.2 Å². The standard InChI is InChI=1S/C14H17N3OS/c1-17(10-13-6-3-7-19-13)9-11-4-2-5-12(8-11)14(18)16-15/h2-8H,9-10,15H2,1H3,(H,16,18). The Morgan fingerprint density at radius 3 is 2.84 bits per heavy atom. The molecule has 3 N–H and O–H groups in total. The number of nitrogen functional groups attached to an aromatic ring is 1. The highest BCUT2D eigenvalue weighted by Gasteiger charge is 2.06. The van der Waals surface area contributed by atoms with E-state index in [2.05, 4.69) is 34.9 Å². The van der Waals surface area contributed by atoms with Crippen molar-refractivity contribution in [1.29, 1.82) is 0 Å². The molecule has 2 aromatic rings. The molecular weight excluding hydrogens is 258 g/mol. The van der Waals surface area contributed by atoms with Gasteiger partial charge in [0.2, 0.25) is 0 Å². The van der Waals surface area contributed by atoms with Crippen LogP contribution in [-0.4, -0.2) is 17.9 Å². The molecule has 0 saturated heterocycles. The second-order valence-electron chi connectivity index (χ2n) is 4.43. The van der Waals surface area contributed by atoms with Crippen LogP contribution in [0.1, 0.15) is 20.8 Å². The van der Waals surface area contributed by atoms with Gasteiger partial charge in [0.25, 0.3) is 5.91 Å². The highest BCUT2D eigenvalue weighted by atomic mass is 32.1. The topological polar surface area (TPSA) is 58.4 Å². The summed E-state index contributed by atoms with van der Waals surface area (Å²) in [5.74, 6) is 4.88. The summed E-state index contributed by atoms with van der Waals surface area (Å²) >= 11 is 1.75. The van der Waals surface area contributed by atoms with Gasteiger partial charge in [0.1, 0.15) is 0 Å². The first kappa shape index (κ1) is 13.7. The van der Waals surface area contributed by atoms with Gasteiger partial charge in [-0.3, -0.25) is 15.1 Å². The molecule has 0 bridgehead atoms. The third kappa shape index (κ3) is 3.89. The SMILES string of the molecule is CN(Cc1cccc(C(=O)NN)c1)Cc1cccs1. The van der Waals surface area contributed by atoms with Crippen LogP contribution in [-0.2, 0) is 13.1 Å². The van der Waals surface area contributed by atoms with E-state index in [-0.39, 0.29) is 5.91 Å². The van der Waals surface area contributed by atoms with Crippen LogP contribution in [0, 0.1) is 0 Å². The zero-order chi connectivity index (χ0) is 13.7. The van der Waals surface area contributed by atoms with Crippen molar-refractivity contribution in [2.24, 2.45) is 5.84 Å². The molecule has 0 aliphatic carbocycles. The first-order valence-electron chi connectivity index (χ1n) is 6.00. The van der Waals surface area contributed by atoms with Crippen molar-refractivity contribution in [2.45, 2.75) is 13.1 Å². The highest BCUT2D eigenvalue weighted by molar-refractivity contribution is 7.09. The average molecular weight is 275 g/mol. The Morgan fingerprint density at radius 2 is 2.16 bits per heavy atom. The summed E-state index contributed by atoms with van der Waals surface area (Å²) in [4.78, 5) is 15.0. The molecule has 1 aromatic heterocycles. The molecule has 2 rings (SSSR count). The highest BCUT2D eigenvalue weighted by Crippen LogP contribution is 2.13. The second kappa shape index (κ2) is 6.47. The number of thiophene rings is 1. The second-order valence-corrected chi connectivity index (χ2v) is 5.46. The van der Waals surface area contributed by atoms with Crippen LogP contribution in [0.3, 0.4) is 0 Å². The van der Waals surface area contributed by atoms with E-state index in [9.17, 15) is 4.79 Å². The van der Waals surface area contributed by atoms with Crippen molar-refractivity contribution >= 4 is 17.2 Å². The van der Waals surface area contributed by atoms with Gasteiger partial charge in [-0.2, -0.15) is 0 Å². The Balaban J connectivity index is 2.00. The minimum absolute atomic E-state index is 0.261. The normalized spacial score (nSPS) is 10.7. The molecule has 0 radical (unpaired) electrons.